The van der Waals surface area contributed by atoms with Crippen molar-refractivity contribution in [3.63, 3.8) is 0 Å². The molecule has 0 bridgehead atoms. The van der Waals surface area contributed by atoms with E-state index in [9.17, 15) is 8.78 Å². The number of nitrogens with zero attached hydrogens (tertiary/aromatic N) is 2. The van der Waals surface area contributed by atoms with Crippen LogP contribution >= 0.6 is 0 Å². The molecule has 156 valence electrons. The van der Waals surface area contributed by atoms with Crippen molar-refractivity contribution < 1.29 is 13.5 Å². The molecule has 5 heteroatoms. The molecule has 0 radical (unpaired) electrons. The largest absolute Gasteiger partial charge is 0.365 e. The fourth-order valence-electron chi connectivity index (χ4n) is 3.94. The summed E-state index contributed by atoms with van der Waals surface area (Å²) in [5.74, 6) is 0. The molecule has 0 saturated carbocycles. The van der Waals surface area contributed by atoms with Crippen LogP contribution in [-0.4, -0.2) is 29.1 Å². The van der Waals surface area contributed by atoms with Crippen LogP contribution in [0, 0.1) is 6.92 Å². The van der Waals surface area contributed by atoms with Crippen LogP contribution in [0.25, 0.3) is 0 Å². The van der Waals surface area contributed by atoms with Crippen molar-refractivity contribution in [2.75, 3.05) is 13.1 Å². The number of alkyl halides is 2. The molecule has 0 atom stereocenters. The van der Waals surface area contributed by atoms with E-state index in [1.807, 2.05) is 60.7 Å². The van der Waals surface area contributed by atoms with Crippen molar-refractivity contribution in [3.8, 4) is 0 Å². The van der Waals surface area contributed by atoms with Gasteiger partial charge in [0, 0.05) is 18.8 Å². The zero-order valence-electron chi connectivity index (χ0n) is 17.0. The van der Waals surface area contributed by atoms with Gasteiger partial charge in [0.15, 0.2) is 0 Å². The Hall–Kier alpha value is -2.63. The molecule has 3 nitrogen and oxygen atoms in total. The third-order valence-corrected chi connectivity index (χ3v) is 5.57. The van der Waals surface area contributed by atoms with Gasteiger partial charge in [-0.05, 0) is 43.0 Å². The topological polar surface area (TPSA) is 25.4 Å². The van der Waals surface area contributed by atoms with Gasteiger partial charge in [-0.1, -0.05) is 66.7 Å². The lowest BCUT2D eigenvalue weighted by molar-refractivity contribution is -0.177. The van der Waals surface area contributed by atoms with Crippen molar-refractivity contribution in [1.82, 2.24) is 9.88 Å². The van der Waals surface area contributed by atoms with Crippen LogP contribution in [-0.2, 0) is 10.8 Å². The average molecular weight is 408 g/mol. The molecule has 1 saturated heterocycles. The van der Waals surface area contributed by atoms with Crippen LogP contribution in [0.1, 0.15) is 41.5 Å². The van der Waals surface area contributed by atoms with Crippen molar-refractivity contribution >= 4 is 0 Å². The molecule has 0 amide bonds. The highest BCUT2D eigenvalue weighted by atomic mass is 19.3. The van der Waals surface area contributed by atoms with Gasteiger partial charge in [-0.2, -0.15) is 8.78 Å². The van der Waals surface area contributed by atoms with Crippen molar-refractivity contribution in [3.05, 3.63) is 101 Å². The molecule has 0 aliphatic carbocycles. The Morgan fingerprint density at radius 2 is 1.43 bits per heavy atom. The fraction of sp³-hybridized carbons (Fsp3) is 0.320. The van der Waals surface area contributed by atoms with Crippen molar-refractivity contribution in [2.24, 2.45) is 0 Å². The minimum atomic E-state index is -3.07. The SMILES string of the molecule is Cc1cccc(C(F)(F)N2CCC(OC(c3ccccc3)c3ccccc3)CC2)n1. The molecule has 1 aliphatic rings. The summed E-state index contributed by atoms with van der Waals surface area (Å²) in [6, 6.07) is 21.8. The second-order valence-electron chi connectivity index (χ2n) is 7.73. The number of piperidine rings is 1. The molecule has 2 aromatic carbocycles. The van der Waals surface area contributed by atoms with E-state index < -0.39 is 6.05 Å². The molecule has 3 aromatic rings. The normalized spacial score (nSPS) is 16.1. The number of benzene rings is 2. The summed E-state index contributed by atoms with van der Waals surface area (Å²) in [5, 5.41) is 0. The van der Waals surface area contributed by atoms with E-state index in [-0.39, 0.29) is 31.0 Å². The van der Waals surface area contributed by atoms with Gasteiger partial charge >= 0.3 is 6.05 Å². The first-order chi connectivity index (χ1) is 14.5. The van der Waals surface area contributed by atoms with Crippen LogP contribution in [0.3, 0.4) is 0 Å². The van der Waals surface area contributed by atoms with E-state index in [4.69, 9.17) is 4.74 Å². The fourth-order valence-corrected chi connectivity index (χ4v) is 3.94. The predicted molar refractivity (Wildman–Crippen MR) is 113 cm³/mol. The van der Waals surface area contributed by atoms with Crippen molar-refractivity contribution in [2.45, 2.75) is 38.0 Å². The molecule has 2 heterocycles. The molecule has 30 heavy (non-hydrogen) atoms. The summed E-state index contributed by atoms with van der Waals surface area (Å²) in [6.45, 7) is 2.26. The first-order valence-corrected chi connectivity index (χ1v) is 10.4. The van der Waals surface area contributed by atoms with Gasteiger partial charge in [-0.3, -0.25) is 4.98 Å². The van der Waals surface area contributed by atoms with E-state index >= 15 is 0 Å². The summed E-state index contributed by atoms with van der Waals surface area (Å²) >= 11 is 0. The maximum atomic E-state index is 15.0. The average Bonchev–Trinajstić information content (AvgIpc) is 2.79. The molecular weight excluding hydrogens is 382 g/mol. The molecule has 0 unspecified atom stereocenters. The quantitative estimate of drug-likeness (QED) is 0.489. The summed E-state index contributed by atoms with van der Waals surface area (Å²) in [4.78, 5) is 5.26. The van der Waals surface area contributed by atoms with E-state index in [0.29, 0.717) is 18.5 Å². The maximum absolute atomic E-state index is 15.0. The predicted octanol–water partition coefficient (Wildman–Crippen LogP) is 5.71. The zero-order chi connectivity index (χ0) is 21.0. The smallest absolute Gasteiger partial charge is 0.348 e. The molecule has 1 fully saturated rings. The Labute approximate surface area is 176 Å². The standard InChI is InChI=1S/C25H26F2N2O/c1-19-9-8-14-23(28-19)25(26,27)29-17-15-22(16-18-29)30-24(20-10-4-2-5-11-20)21-12-6-3-7-13-21/h2-14,22,24H,15-18H2,1H3. The van der Waals surface area contributed by atoms with Crippen LogP contribution < -0.4 is 0 Å². The number of pyridine rings is 1. The lowest BCUT2D eigenvalue weighted by Gasteiger charge is -2.37. The molecule has 1 aromatic heterocycles. The van der Waals surface area contributed by atoms with Crippen LogP contribution in [0.5, 0.6) is 0 Å². The summed E-state index contributed by atoms with van der Waals surface area (Å²) in [6.07, 6.45) is 0.825. The van der Waals surface area contributed by atoms with Gasteiger partial charge in [0.25, 0.3) is 0 Å². The number of rotatable bonds is 6. The van der Waals surface area contributed by atoms with Crippen LogP contribution in [0.2, 0.25) is 0 Å². The first-order valence-electron chi connectivity index (χ1n) is 10.4. The Bertz CT molecular complexity index is 902. The number of aryl methyl sites for hydroxylation is 1. The van der Waals surface area contributed by atoms with Gasteiger partial charge in [0.05, 0.1) is 6.10 Å². The lowest BCUT2D eigenvalue weighted by Crippen LogP contribution is -2.46. The number of halogens is 2. The Morgan fingerprint density at radius 1 is 0.867 bits per heavy atom. The van der Waals surface area contributed by atoms with Crippen LogP contribution in [0.15, 0.2) is 78.9 Å². The Kier molecular flexibility index (Phi) is 6.21. The van der Waals surface area contributed by atoms with E-state index in [2.05, 4.69) is 4.98 Å². The Morgan fingerprint density at radius 3 is 1.97 bits per heavy atom. The highest BCUT2D eigenvalue weighted by Crippen LogP contribution is 2.35. The van der Waals surface area contributed by atoms with E-state index in [0.717, 1.165) is 11.1 Å². The lowest BCUT2D eigenvalue weighted by atomic mass is 10.00. The summed E-state index contributed by atoms with van der Waals surface area (Å²) in [7, 11) is 0. The van der Waals surface area contributed by atoms with Gasteiger partial charge in [-0.15, -0.1) is 0 Å². The second kappa shape index (κ2) is 9.02. The molecule has 4 rings (SSSR count). The summed E-state index contributed by atoms with van der Waals surface area (Å²) in [5.41, 5.74) is 2.55. The van der Waals surface area contributed by atoms with Crippen LogP contribution in [0.4, 0.5) is 8.78 Å². The zero-order valence-corrected chi connectivity index (χ0v) is 17.0. The number of ether oxygens (including phenoxy) is 1. The molecular formula is C25H26F2N2O. The number of hydrogen-bond donors (Lipinski definition) is 0. The number of likely N-dealkylation sites (tertiary alicyclic amines) is 1. The highest BCUT2D eigenvalue weighted by molar-refractivity contribution is 5.30. The Balaban J connectivity index is 1.45. The van der Waals surface area contributed by atoms with E-state index in [1.54, 1.807) is 19.1 Å². The van der Waals surface area contributed by atoms with Gasteiger partial charge in [0.1, 0.15) is 11.8 Å². The first kappa shape index (κ1) is 20.6. The minimum Gasteiger partial charge on any atom is -0.365 e. The molecule has 0 spiro atoms. The van der Waals surface area contributed by atoms with E-state index in [1.165, 1.54) is 11.0 Å². The van der Waals surface area contributed by atoms with Gasteiger partial charge in [-0.25, -0.2) is 4.90 Å². The highest BCUT2D eigenvalue weighted by Gasteiger charge is 2.42. The third kappa shape index (κ3) is 4.58. The summed E-state index contributed by atoms with van der Waals surface area (Å²) < 4.78 is 36.4. The monoisotopic (exact) mass is 408 g/mol. The molecule has 0 N–H and O–H groups in total. The molecule has 1 aliphatic heterocycles. The maximum Gasteiger partial charge on any atom is 0.348 e. The number of hydrogen-bond acceptors (Lipinski definition) is 3. The van der Waals surface area contributed by atoms with Gasteiger partial charge in [0.2, 0.25) is 0 Å². The third-order valence-electron chi connectivity index (χ3n) is 5.57. The van der Waals surface area contributed by atoms with Crippen molar-refractivity contribution in [1.29, 1.82) is 0 Å². The van der Waals surface area contributed by atoms with Gasteiger partial charge < -0.3 is 4.74 Å². The minimum absolute atomic E-state index is 0.0760. The number of aromatic nitrogens is 1. The second-order valence-corrected chi connectivity index (χ2v) is 7.73.